The summed E-state index contributed by atoms with van der Waals surface area (Å²) in [6.45, 7) is 8.27. The van der Waals surface area contributed by atoms with E-state index in [4.69, 9.17) is 12.3 Å². The number of pyridine rings is 1. The summed E-state index contributed by atoms with van der Waals surface area (Å²) >= 11 is 3.57. The van der Waals surface area contributed by atoms with Crippen LogP contribution in [-0.2, 0) is 4.79 Å². The molecule has 1 saturated heterocycles. The molecule has 0 saturated carbocycles. The molecule has 0 unspecified atom stereocenters. The average Bonchev–Trinajstić information content (AvgIpc) is 2.90. The number of aromatic nitrogens is 2. The molecule has 3 heterocycles. The van der Waals surface area contributed by atoms with Crippen LogP contribution >= 0.6 is 15.9 Å². The highest BCUT2D eigenvalue weighted by Crippen LogP contribution is 2.38. The predicted octanol–water partition coefficient (Wildman–Crippen LogP) is 2.11. The molecule has 23 heavy (non-hydrogen) atoms. The highest BCUT2D eigenvalue weighted by atomic mass is 79.9. The number of hydrogen-bond donors (Lipinski definition) is 3. The number of anilines is 2. The van der Waals surface area contributed by atoms with Crippen LogP contribution in [0.4, 0.5) is 11.4 Å². The van der Waals surface area contributed by atoms with Crippen LogP contribution in [0.25, 0.3) is 15.9 Å². The highest BCUT2D eigenvalue weighted by molar-refractivity contribution is 9.10. The molecule has 0 spiro atoms. The number of aromatic amines is 1. The van der Waals surface area contributed by atoms with Crippen molar-refractivity contribution in [3.63, 3.8) is 0 Å². The second-order valence-electron chi connectivity index (χ2n) is 5.59. The van der Waals surface area contributed by atoms with Gasteiger partial charge in [-0.3, -0.25) is 4.79 Å². The fourth-order valence-electron chi connectivity index (χ4n) is 2.94. The Labute approximate surface area is 142 Å². The van der Waals surface area contributed by atoms with E-state index >= 15 is 0 Å². The minimum absolute atomic E-state index is 0.137. The highest BCUT2D eigenvalue weighted by Gasteiger charge is 2.24. The third-order valence-electron chi connectivity index (χ3n) is 3.90. The number of halogens is 1. The standard InChI is InChI=1S/C15H17BrN6O/c1-18-7-12(23)21-11-6-20-15-13(11)14(10(16)5-19-15)22-4-2-3-9(17)8-22/h5-6,9H,2-4,7-8,17H2,(H,19,20)(H,21,23)/t9-/m1/s1. The maximum Gasteiger partial charge on any atom is 0.304 e. The van der Waals surface area contributed by atoms with Gasteiger partial charge in [0.15, 0.2) is 0 Å². The van der Waals surface area contributed by atoms with Gasteiger partial charge >= 0.3 is 5.91 Å². The van der Waals surface area contributed by atoms with Gasteiger partial charge in [0.25, 0.3) is 6.54 Å². The van der Waals surface area contributed by atoms with E-state index in [-0.39, 0.29) is 18.5 Å². The molecule has 120 valence electrons. The summed E-state index contributed by atoms with van der Waals surface area (Å²) in [5.74, 6) is -0.331. The summed E-state index contributed by atoms with van der Waals surface area (Å²) in [5.41, 5.74) is 8.41. The van der Waals surface area contributed by atoms with Crippen LogP contribution in [0, 0.1) is 6.57 Å². The fraction of sp³-hybridized carbons (Fsp3) is 0.400. The van der Waals surface area contributed by atoms with E-state index in [0.29, 0.717) is 11.3 Å². The van der Waals surface area contributed by atoms with Crippen molar-refractivity contribution in [3.05, 3.63) is 28.3 Å². The molecule has 2 aromatic heterocycles. The number of nitrogens with zero attached hydrogens (tertiary/aromatic N) is 3. The number of H-pyrrole nitrogens is 1. The Morgan fingerprint density at radius 1 is 1.65 bits per heavy atom. The molecule has 7 nitrogen and oxygen atoms in total. The first kappa shape index (κ1) is 15.8. The van der Waals surface area contributed by atoms with Gasteiger partial charge in [-0.15, -0.1) is 0 Å². The number of carbonyl (C=O) groups is 1. The zero-order valence-corrected chi connectivity index (χ0v) is 14.1. The number of amides is 1. The van der Waals surface area contributed by atoms with E-state index in [1.807, 2.05) is 0 Å². The van der Waals surface area contributed by atoms with Crippen molar-refractivity contribution in [1.29, 1.82) is 0 Å². The van der Waals surface area contributed by atoms with Gasteiger partial charge in [0.05, 0.1) is 21.2 Å². The molecule has 0 aliphatic carbocycles. The molecular weight excluding hydrogens is 360 g/mol. The molecule has 0 aromatic carbocycles. The number of nitrogens with one attached hydrogen (secondary N) is 2. The van der Waals surface area contributed by atoms with Crippen LogP contribution in [0.1, 0.15) is 12.8 Å². The third-order valence-corrected chi connectivity index (χ3v) is 4.48. The van der Waals surface area contributed by atoms with Crippen LogP contribution in [0.15, 0.2) is 16.9 Å². The molecule has 0 bridgehead atoms. The summed E-state index contributed by atoms with van der Waals surface area (Å²) in [7, 11) is 0. The van der Waals surface area contributed by atoms with Gasteiger partial charge in [-0.2, -0.15) is 0 Å². The zero-order valence-electron chi connectivity index (χ0n) is 12.5. The summed E-state index contributed by atoms with van der Waals surface area (Å²) in [5, 5.41) is 3.62. The van der Waals surface area contributed by atoms with E-state index < -0.39 is 0 Å². The Kier molecular flexibility index (Phi) is 4.50. The minimum Gasteiger partial charge on any atom is -0.368 e. The average molecular weight is 377 g/mol. The molecule has 1 atom stereocenters. The summed E-state index contributed by atoms with van der Waals surface area (Å²) in [4.78, 5) is 24.5. The Morgan fingerprint density at radius 3 is 3.22 bits per heavy atom. The second kappa shape index (κ2) is 6.56. The molecule has 1 aliphatic heterocycles. The Hall–Kier alpha value is -2.11. The lowest BCUT2D eigenvalue weighted by molar-refractivity contribution is -0.114. The Bertz CT molecular complexity index is 780. The van der Waals surface area contributed by atoms with E-state index in [1.54, 1.807) is 12.4 Å². The van der Waals surface area contributed by atoms with Gasteiger partial charge in [-0.1, -0.05) is 0 Å². The molecule has 1 amide bonds. The Morgan fingerprint density at radius 2 is 2.48 bits per heavy atom. The van der Waals surface area contributed by atoms with E-state index in [9.17, 15) is 4.79 Å². The predicted molar refractivity (Wildman–Crippen MR) is 93.3 cm³/mol. The van der Waals surface area contributed by atoms with Gasteiger partial charge < -0.3 is 25.8 Å². The van der Waals surface area contributed by atoms with Crippen molar-refractivity contribution in [3.8, 4) is 0 Å². The van der Waals surface area contributed by atoms with Gasteiger partial charge in [0.1, 0.15) is 5.65 Å². The van der Waals surface area contributed by atoms with Gasteiger partial charge in [-0.25, -0.2) is 11.6 Å². The first-order valence-electron chi connectivity index (χ1n) is 7.39. The topological polar surface area (TPSA) is 91.4 Å². The van der Waals surface area contributed by atoms with Gasteiger partial charge in [0, 0.05) is 31.5 Å². The number of fused-ring (bicyclic) bond motifs is 1. The minimum atomic E-state index is -0.331. The monoisotopic (exact) mass is 376 g/mol. The first-order chi connectivity index (χ1) is 11.1. The maximum absolute atomic E-state index is 11.8. The van der Waals surface area contributed by atoms with Crippen molar-refractivity contribution < 1.29 is 4.79 Å². The van der Waals surface area contributed by atoms with Crippen molar-refractivity contribution in [1.82, 2.24) is 9.97 Å². The maximum atomic E-state index is 11.8. The number of hydrogen-bond acceptors (Lipinski definition) is 4. The lowest BCUT2D eigenvalue weighted by Crippen LogP contribution is -2.43. The number of carbonyl (C=O) groups excluding carboxylic acids is 1. The number of nitrogens with two attached hydrogens (primary N) is 1. The summed E-state index contributed by atoms with van der Waals surface area (Å²) in [6.07, 6.45) is 5.50. The molecule has 3 rings (SSSR count). The van der Waals surface area contributed by atoms with Crippen molar-refractivity contribution in [2.45, 2.75) is 18.9 Å². The quantitative estimate of drug-likeness (QED) is 0.715. The molecule has 8 heteroatoms. The Balaban J connectivity index is 2.05. The number of rotatable bonds is 3. The molecule has 1 aliphatic rings. The number of piperidine rings is 1. The van der Waals surface area contributed by atoms with Gasteiger partial charge in [-0.05, 0) is 28.8 Å². The molecule has 0 radical (unpaired) electrons. The SMILES string of the molecule is [C-]#[N+]CC(=O)Nc1c[nH]c2ncc(Br)c(N3CCC[C@@H](N)C3)c12. The second-order valence-corrected chi connectivity index (χ2v) is 6.45. The van der Waals surface area contributed by atoms with E-state index in [1.165, 1.54) is 0 Å². The van der Waals surface area contributed by atoms with Crippen LogP contribution < -0.4 is 16.0 Å². The largest absolute Gasteiger partial charge is 0.368 e. The van der Waals surface area contributed by atoms with E-state index in [2.05, 4.69) is 41.0 Å². The van der Waals surface area contributed by atoms with Crippen molar-refractivity contribution in [2.75, 3.05) is 29.9 Å². The summed E-state index contributed by atoms with van der Waals surface area (Å²) in [6, 6.07) is 0.137. The molecule has 4 N–H and O–H groups in total. The fourth-order valence-corrected chi connectivity index (χ4v) is 3.49. The van der Waals surface area contributed by atoms with Crippen LogP contribution in [-0.4, -0.2) is 41.6 Å². The van der Waals surface area contributed by atoms with Gasteiger partial charge in [0.2, 0.25) is 0 Å². The molecule has 1 fully saturated rings. The first-order valence-corrected chi connectivity index (χ1v) is 8.18. The zero-order chi connectivity index (χ0) is 16.4. The lowest BCUT2D eigenvalue weighted by Gasteiger charge is -2.33. The smallest absolute Gasteiger partial charge is 0.304 e. The third kappa shape index (κ3) is 3.16. The van der Waals surface area contributed by atoms with Crippen LogP contribution in [0.2, 0.25) is 0 Å². The van der Waals surface area contributed by atoms with Crippen LogP contribution in [0.5, 0.6) is 0 Å². The van der Waals surface area contributed by atoms with Crippen LogP contribution in [0.3, 0.4) is 0 Å². The van der Waals surface area contributed by atoms with Crippen molar-refractivity contribution in [2.24, 2.45) is 5.73 Å². The molecular formula is C15H17BrN6O. The molecule has 2 aromatic rings. The van der Waals surface area contributed by atoms with Crippen molar-refractivity contribution >= 4 is 44.2 Å². The lowest BCUT2D eigenvalue weighted by atomic mass is 10.1. The summed E-state index contributed by atoms with van der Waals surface area (Å²) < 4.78 is 0.861. The normalized spacial score (nSPS) is 18.0. The van der Waals surface area contributed by atoms with E-state index in [0.717, 1.165) is 41.5 Å².